The van der Waals surface area contributed by atoms with Crippen LogP contribution >= 0.6 is 0 Å². The van der Waals surface area contributed by atoms with Gasteiger partial charge in [-0.1, -0.05) is 24.6 Å². The second-order valence-electron chi connectivity index (χ2n) is 5.17. The van der Waals surface area contributed by atoms with E-state index >= 15 is 0 Å². The molecule has 4 heteroatoms. The maximum atomic E-state index is 11.6. The molecule has 114 valence electrons. The zero-order valence-corrected chi connectivity index (χ0v) is 12.8. The van der Waals surface area contributed by atoms with Crippen LogP contribution in [0.25, 0.3) is 0 Å². The van der Waals surface area contributed by atoms with E-state index in [9.17, 15) is 9.90 Å². The van der Waals surface area contributed by atoms with Gasteiger partial charge in [-0.05, 0) is 43.7 Å². The molecule has 0 aliphatic heterocycles. The Morgan fingerprint density at radius 3 is 2.86 bits per heavy atom. The summed E-state index contributed by atoms with van der Waals surface area (Å²) in [6.07, 6.45) is 2.94. The molecule has 0 radical (unpaired) electrons. The van der Waals surface area contributed by atoms with Gasteiger partial charge in [0.1, 0.15) is 5.75 Å². The lowest BCUT2D eigenvalue weighted by Crippen LogP contribution is -2.10. The summed E-state index contributed by atoms with van der Waals surface area (Å²) in [5.74, 6) is 0.196. The number of rotatable bonds is 5. The minimum absolute atomic E-state index is 0.0000387. The molecule has 2 aromatic rings. The first-order valence-electron chi connectivity index (χ1n) is 7.32. The number of nitrogens with one attached hydrogen (secondary N) is 1. The van der Waals surface area contributed by atoms with Crippen molar-refractivity contribution in [2.24, 2.45) is 4.99 Å². The number of nitrogens with zero attached hydrogens (tertiary/aromatic N) is 1. The van der Waals surface area contributed by atoms with Crippen molar-refractivity contribution in [2.75, 3.05) is 5.32 Å². The lowest BCUT2D eigenvalue weighted by atomic mass is 10.1. The zero-order chi connectivity index (χ0) is 15.9. The van der Waals surface area contributed by atoms with Crippen molar-refractivity contribution in [3.63, 3.8) is 0 Å². The van der Waals surface area contributed by atoms with Gasteiger partial charge in [0.05, 0.1) is 5.69 Å². The Balaban J connectivity index is 2.14. The van der Waals surface area contributed by atoms with Crippen LogP contribution in [0.5, 0.6) is 5.75 Å². The molecule has 0 atom stereocenters. The first-order chi connectivity index (χ1) is 10.6. The molecule has 0 saturated heterocycles. The van der Waals surface area contributed by atoms with Gasteiger partial charge in [-0.3, -0.25) is 9.79 Å². The smallest absolute Gasteiger partial charge is 0.224 e. The third-order valence-electron chi connectivity index (χ3n) is 3.14. The fraction of sp³-hybridized carbons (Fsp3) is 0.222. The number of aliphatic imine (C=N–C) groups is 1. The van der Waals surface area contributed by atoms with E-state index in [1.54, 1.807) is 18.3 Å². The standard InChI is InChI=1S/C18H20N2O2/c1-3-5-18(22)20-16-7-4-6-15(11-16)19-12-14-10-13(2)8-9-17(14)21/h4,6-12,21H,3,5H2,1-2H3,(H,20,22). The number of hydrogen-bond donors (Lipinski definition) is 2. The van der Waals surface area contributed by atoms with Crippen LogP contribution in [-0.2, 0) is 4.79 Å². The van der Waals surface area contributed by atoms with Gasteiger partial charge in [0.15, 0.2) is 0 Å². The van der Waals surface area contributed by atoms with E-state index < -0.39 is 0 Å². The molecule has 0 aliphatic rings. The summed E-state index contributed by atoms with van der Waals surface area (Å²) in [5.41, 5.74) is 3.16. The first-order valence-corrected chi connectivity index (χ1v) is 7.32. The minimum Gasteiger partial charge on any atom is -0.507 e. The van der Waals surface area contributed by atoms with E-state index in [0.717, 1.165) is 23.4 Å². The lowest BCUT2D eigenvalue weighted by molar-refractivity contribution is -0.116. The van der Waals surface area contributed by atoms with Gasteiger partial charge in [0.25, 0.3) is 0 Å². The van der Waals surface area contributed by atoms with Crippen molar-refractivity contribution in [1.82, 2.24) is 0 Å². The number of phenols is 1. The molecule has 2 rings (SSSR count). The third-order valence-corrected chi connectivity index (χ3v) is 3.14. The van der Waals surface area contributed by atoms with Gasteiger partial charge in [-0.15, -0.1) is 0 Å². The van der Waals surface area contributed by atoms with Gasteiger partial charge in [0, 0.05) is 23.9 Å². The molecule has 0 aromatic heterocycles. The van der Waals surface area contributed by atoms with E-state index in [4.69, 9.17) is 0 Å². The quantitative estimate of drug-likeness (QED) is 0.813. The van der Waals surface area contributed by atoms with Crippen LogP contribution in [0.3, 0.4) is 0 Å². The Morgan fingerprint density at radius 2 is 2.09 bits per heavy atom. The molecule has 2 aromatic carbocycles. The van der Waals surface area contributed by atoms with E-state index in [0.29, 0.717) is 12.0 Å². The Kier molecular flexibility index (Phi) is 5.31. The molecule has 0 spiro atoms. The lowest BCUT2D eigenvalue weighted by Gasteiger charge is -2.05. The molecule has 0 heterocycles. The van der Waals surface area contributed by atoms with Crippen molar-refractivity contribution >= 4 is 23.5 Å². The third kappa shape index (κ3) is 4.45. The van der Waals surface area contributed by atoms with Crippen LogP contribution in [0.2, 0.25) is 0 Å². The molecule has 4 nitrogen and oxygen atoms in total. The molecule has 0 unspecified atom stereocenters. The van der Waals surface area contributed by atoms with Crippen molar-refractivity contribution in [3.05, 3.63) is 53.6 Å². The summed E-state index contributed by atoms with van der Waals surface area (Å²) < 4.78 is 0. The van der Waals surface area contributed by atoms with Gasteiger partial charge < -0.3 is 10.4 Å². The van der Waals surface area contributed by atoms with E-state index in [-0.39, 0.29) is 11.7 Å². The van der Waals surface area contributed by atoms with Crippen molar-refractivity contribution < 1.29 is 9.90 Å². The number of phenolic OH excluding ortho intramolecular Hbond substituents is 1. The summed E-state index contributed by atoms with van der Waals surface area (Å²) >= 11 is 0. The second kappa shape index (κ2) is 7.41. The van der Waals surface area contributed by atoms with Crippen LogP contribution in [0.4, 0.5) is 11.4 Å². The highest BCUT2D eigenvalue weighted by Gasteiger charge is 2.02. The summed E-state index contributed by atoms with van der Waals surface area (Å²) in [5, 5.41) is 12.6. The van der Waals surface area contributed by atoms with Crippen LogP contribution in [0.15, 0.2) is 47.5 Å². The van der Waals surface area contributed by atoms with Crippen LogP contribution in [-0.4, -0.2) is 17.2 Å². The van der Waals surface area contributed by atoms with Gasteiger partial charge in [-0.25, -0.2) is 0 Å². The summed E-state index contributed by atoms with van der Waals surface area (Å²) in [7, 11) is 0. The number of amides is 1. The number of anilines is 1. The highest BCUT2D eigenvalue weighted by atomic mass is 16.3. The van der Waals surface area contributed by atoms with E-state index in [1.807, 2.05) is 44.2 Å². The Labute approximate surface area is 130 Å². The number of carbonyl (C=O) groups is 1. The number of benzene rings is 2. The zero-order valence-electron chi connectivity index (χ0n) is 12.8. The van der Waals surface area contributed by atoms with Crippen molar-refractivity contribution in [3.8, 4) is 5.75 Å². The largest absolute Gasteiger partial charge is 0.507 e. The number of aromatic hydroxyl groups is 1. The van der Waals surface area contributed by atoms with Gasteiger partial charge >= 0.3 is 0 Å². The normalized spacial score (nSPS) is 10.8. The maximum absolute atomic E-state index is 11.6. The van der Waals surface area contributed by atoms with Crippen LogP contribution in [0.1, 0.15) is 30.9 Å². The predicted molar refractivity (Wildman–Crippen MR) is 90.1 cm³/mol. The molecular formula is C18H20N2O2. The fourth-order valence-corrected chi connectivity index (χ4v) is 2.04. The monoisotopic (exact) mass is 296 g/mol. The minimum atomic E-state index is -0.0000387. The number of aryl methyl sites for hydroxylation is 1. The Bertz CT molecular complexity index is 693. The SMILES string of the molecule is CCCC(=O)Nc1cccc(N=Cc2cc(C)ccc2O)c1. The molecule has 22 heavy (non-hydrogen) atoms. The molecule has 0 bridgehead atoms. The molecule has 0 fully saturated rings. The van der Waals surface area contributed by atoms with Crippen molar-refractivity contribution in [2.45, 2.75) is 26.7 Å². The molecule has 1 amide bonds. The molecule has 2 N–H and O–H groups in total. The summed E-state index contributed by atoms with van der Waals surface area (Å²) in [6.45, 7) is 3.93. The Morgan fingerprint density at radius 1 is 1.27 bits per heavy atom. The first kappa shape index (κ1) is 15.8. The molecule has 0 aliphatic carbocycles. The molecule has 0 saturated carbocycles. The highest BCUT2D eigenvalue weighted by Crippen LogP contribution is 2.20. The Hall–Kier alpha value is -2.62. The van der Waals surface area contributed by atoms with Crippen LogP contribution < -0.4 is 5.32 Å². The predicted octanol–water partition coefficient (Wildman–Crippen LogP) is 4.19. The van der Waals surface area contributed by atoms with Gasteiger partial charge in [-0.2, -0.15) is 0 Å². The van der Waals surface area contributed by atoms with Crippen LogP contribution in [0, 0.1) is 6.92 Å². The van der Waals surface area contributed by atoms with E-state index in [1.165, 1.54) is 0 Å². The number of hydrogen-bond acceptors (Lipinski definition) is 3. The second-order valence-corrected chi connectivity index (χ2v) is 5.17. The number of carbonyl (C=O) groups excluding carboxylic acids is 1. The topological polar surface area (TPSA) is 61.7 Å². The maximum Gasteiger partial charge on any atom is 0.224 e. The van der Waals surface area contributed by atoms with Gasteiger partial charge in [0.2, 0.25) is 5.91 Å². The highest BCUT2D eigenvalue weighted by molar-refractivity contribution is 5.91. The summed E-state index contributed by atoms with van der Waals surface area (Å²) in [6, 6.07) is 12.7. The van der Waals surface area contributed by atoms with E-state index in [2.05, 4.69) is 10.3 Å². The average Bonchev–Trinajstić information content (AvgIpc) is 2.49. The van der Waals surface area contributed by atoms with Crippen molar-refractivity contribution in [1.29, 1.82) is 0 Å². The summed E-state index contributed by atoms with van der Waals surface area (Å²) in [4.78, 5) is 16.0. The fourth-order valence-electron chi connectivity index (χ4n) is 2.04. The molecular weight excluding hydrogens is 276 g/mol. The average molecular weight is 296 g/mol.